The molecule has 0 unspecified atom stereocenters. The maximum Gasteiger partial charge on any atom is 0.343 e. The fourth-order valence-corrected chi connectivity index (χ4v) is 2.14. The quantitative estimate of drug-likeness (QED) is 0.749. The summed E-state index contributed by atoms with van der Waals surface area (Å²) in [4.78, 5) is 11.3. The molecule has 0 N–H and O–H groups in total. The molecule has 2 nitrogen and oxygen atoms in total. The van der Waals surface area contributed by atoms with Crippen LogP contribution in [-0.2, 0) is 4.74 Å². The van der Waals surface area contributed by atoms with Crippen molar-refractivity contribution in [2.24, 2.45) is 0 Å². The van der Waals surface area contributed by atoms with Crippen molar-refractivity contribution in [2.45, 2.75) is 0 Å². The molecule has 20 heavy (non-hydrogen) atoms. The zero-order chi connectivity index (χ0) is 14.9. The van der Waals surface area contributed by atoms with E-state index >= 15 is 0 Å². The lowest BCUT2D eigenvalue weighted by atomic mass is 10.0. The summed E-state index contributed by atoms with van der Waals surface area (Å²) < 4.78 is 32.0. The Morgan fingerprint density at radius 2 is 1.70 bits per heavy atom. The van der Waals surface area contributed by atoms with Gasteiger partial charge in [-0.25, -0.2) is 13.6 Å². The standard InChI is InChI=1S/C14H8Cl2F2O2/c1-20-14(19)13-11(17)4-7(5-12(13)18)9-6-8(15)2-3-10(9)16/h2-6H,1H3. The average Bonchev–Trinajstić information content (AvgIpc) is 2.40. The topological polar surface area (TPSA) is 26.3 Å². The number of hydrogen-bond donors (Lipinski definition) is 0. The molecule has 0 fully saturated rings. The molecule has 0 aromatic heterocycles. The Hall–Kier alpha value is -1.65. The van der Waals surface area contributed by atoms with Crippen molar-refractivity contribution >= 4 is 29.2 Å². The minimum atomic E-state index is -1.08. The van der Waals surface area contributed by atoms with Crippen molar-refractivity contribution in [3.63, 3.8) is 0 Å². The average molecular weight is 317 g/mol. The molecule has 2 aromatic carbocycles. The lowest BCUT2D eigenvalue weighted by Gasteiger charge is -2.09. The third-order valence-electron chi connectivity index (χ3n) is 2.67. The molecule has 0 aliphatic heterocycles. The van der Waals surface area contributed by atoms with Gasteiger partial charge in [-0.15, -0.1) is 0 Å². The highest BCUT2D eigenvalue weighted by Crippen LogP contribution is 2.32. The van der Waals surface area contributed by atoms with Crippen molar-refractivity contribution in [2.75, 3.05) is 7.11 Å². The summed E-state index contributed by atoms with van der Waals surface area (Å²) in [6, 6.07) is 6.57. The summed E-state index contributed by atoms with van der Waals surface area (Å²) in [6.45, 7) is 0. The molecule has 0 saturated carbocycles. The smallest absolute Gasteiger partial charge is 0.343 e. The lowest BCUT2D eigenvalue weighted by molar-refractivity contribution is 0.0590. The van der Waals surface area contributed by atoms with E-state index in [4.69, 9.17) is 23.2 Å². The van der Waals surface area contributed by atoms with E-state index in [1.165, 1.54) is 12.1 Å². The number of ether oxygens (including phenoxy) is 1. The highest BCUT2D eigenvalue weighted by Gasteiger charge is 2.20. The summed E-state index contributed by atoms with van der Waals surface area (Å²) in [5, 5.41) is 0.668. The second-order valence-corrected chi connectivity index (χ2v) is 4.77. The van der Waals surface area contributed by atoms with Crippen molar-refractivity contribution < 1.29 is 18.3 Å². The highest BCUT2D eigenvalue weighted by atomic mass is 35.5. The molecular weight excluding hydrogens is 309 g/mol. The van der Waals surface area contributed by atoms with Crippen LogP contribution in [0.5, 0.6) is 0 Å². The number of esters is 1. The summed E-state index contributed by atoms with van der Waals surface area (Å²) in [6.07, 6.45) is 0. The van der Waals surface area contributed by atoms with Gasteiger partial charge >= 0.3 is 5.97 Å². The monoisotopic (exact) mass is 316 g/mol. The van der Waals surface area contributed by atoms with Crippen molar-refractivity contribution in [3.05, 3.63) is 57.6 Å². The summed E-state index contributed by atoms with van der Waals surface area (Å²) in [5.74, 6) is -3.13. The number of rotatable bonds is 2. The first kappa shape index (κ1) is 14.8. The Balaban J connectivity index is 2.61. The normalized spacial score (nSPS) is 10.4. The van der Waals surface area contributed by atoms with Crippen LogP contribution in [0.4, 0.5) is 8.78 Å². The maximum absolute atomic E-state index is 13.8. The molecule has 0 heterocycles. The maximum atomic E-state index is 13.8. The van der Waals surface area contributed by atoms with E-state index in [0.29, 0.717) is 15.6 Å². The highest BCUT2D eigenvalue weighted by molar-refractivity contribution is 6.35. The van der Waals surface area contributed by atoms with Crippen LogP contribution in [0.15, 0.2) is 30.3 Å². The van der Waals surface area contributed by atoms with Crippen LogP contribution in [0.3, 0.4) is 0 Å². The Morgan fingerprint density at radius 1 is 1.10 bits per heavy atom. The summed E-state index contributed by atoms with van der Waals surface area (Å²) in [7, 11) is 1.04. The van der Waals surface area contributed by atoms with E-state index in [-0.39, 0.29) is 5.56 Å². The van der Waals surface area contributed by atoms with Gasteiger partial charge in [0, 0.05) is 15.6 Å². The number of methoxy groups -OCH3 is 1. The summed E-state index contributed by atoms with van der Waals surface area (Å²) in [5.41, 5.74) is -0.192. The van der Waals surface area contributed by atoms with Crippen molar-refractivity contribution in [1.29, 1.82) is 0 Å². The van der Waals surface area contributed by atoms with Gasteiger partial charge in [-0.3, -0.25) is 0 Å². The number of halogens is 4. The third kappa shape index (κ3) is 2.76. The van der Waals surface area contributed by atoms with E-state index in [9.17, 15) is 13.6 Å². The van der Waals surface area contributed by atoms with Crippen molar-refractivity contribution in [1.82, 2.24) is 0 Å². The van der Waals surface area contributed by atoms with Gasteiger partial charge in [0.15, 0.2) is 0 Å². The van der Waals surface area contributed by atoms with Crippen LogP contribution in [0.2, 0.25) is 10.0 Å². The van der Waals surface area contributed by atoms with Crippen LogP contribution in [0.25, 0.3) is 11.1 Å². The second-order valence-electron chi connectivity index (χ2n) is 3.93. The molecule has 0 amide bonds. The van der Waals surface area contributed by atoms with Gasteiger partial charge in [0.05, 0.1) is 7.11 Å². The summed E-state index contributed by atoms with van der Waals surface area (Å²) >= 11 is 11.8. The van der Waals surface area contributed by atoms with E-state index in [1.54, 1.807) is 6.07 Å². The Bertz CT molecular complexity index is 664. The van der Waals surface area contributed by atoms with Gasteiger partial charge in [0.2, 0.25) is 0 Å². The zero-order valence-corrected chi connectivity index (χ0v) is 11.7. The fourth-order valence-electron chi connectivity index (χ4n) is 1.74. The van der Waals surface area contributed by atoms with Crippen LogP contribution >= 0.6 is 23.2 Å². The molecule has 0 bridgehead atoms. The van der Waals surface area contributed by atoms with Gasteiger partial charge in [-0.1, -0.05) is 23.2 Å². The Morgan fingerprint density at radius 3 is 2.25 bits per heavy atom. The first-order chi connectivity index (χ1) is 9.43. The molecule has 2 aromatic rings. The number of carbonyl (C=O) groups excluding carboxylic acids is 1. The minimum Gasteiger partial charge on any atom is -0.465 e. The van der Waals surface area contributed by atoms with Gasteiger partial charge < -0.3 is 4.74 Å². The van der Waals surface area contributed by atoms with Crippen molar-refractivity contribution in [3.8, 4) is 11.1 Å². The molecule has 0 aliphatic carbocycles. The molecular formula is C14H8Cl2F2O2. The molecule has 0 radical (unpaired) electrons. The first-order valence-corrected chi connectivity index (χ1v) is 6.22. The first-order valence-electron chi connectivity index (χ1n) is 5.47. The van der Waals surface area contributed by atoms with Gasteiger partial charge in [0.1, 0.15) is 17.2 Å². The second kappa shape index (κ2) is 5.77. The molecule has 2 rings (SSSR count). The number of carbonyl (C=O) groups is 1. The predicted molar refractivity (Wildman–Crippen MR) is 73.2 cm³/mol. The SMILES string of the molecule is COC(=O)c1c(F)cc(-c2cc(Cl)ccc2Cl)cc1F. The lowest BCUT2D eigenvalue weighted by Crippen LogP contribution is -2.08. The third-order valence-corrected chi connectivity index (χ3v) is 3.24. The van der Waals surface area contributed by atoms with Crippen LogP contribution in [0.1, 0.15) is 10.4 Å². The molecule has 0 atom stereocenters. The Labute approximate surface area is 123 Å². The zero-order valence-electron chi connectivity index (χ0n) is 10.2. The van der Waals surface area contributed by atoms with Gasteiger partial charge in [0.25, 0.3) is 0 Å². The molecule has 0 saturated heterocycles. The molecule has 0 spiro atoms. The van der Waals surface area contributed by atoms with Gasteiger partial charge in [-0.05, 0) is 35.9 Å². The van der Waals surface area contributed by atoms with Crippen LogP contribution < -0.4 is 0 Å². The van der Waals surface area contributed by atoms with Crippen LogP contribution in [0, 0.1) is 11.6 Å². The molecule has 6 heteroatoms. The largest absolute Gasteiger partial charge is 0.465 e. The van der Waals surface area contributed by atoms with E-state index in [0.717, 1.165) is 19.2 Å². The number of hydrogen-bond acceptors (Lipinski definition) is 2. The minimum absolute atomic E-state index is 0.181. The molecule has 104 valence electrons. The van der Waals surface area contributed by atoms with E-state index in [2.05, 4.69) is 4.74 Å². The van der Waals surface area contributed by atoms with E-state index in [1.807, 2.05) is 0 Å². The van der Waals surface area contributed by atoms with Gasteiger partial charge in [-0.2, -0.15) is 0 Å². The van der Waals surface area contributed by atoms with Crippen LogP contribution in [-0.4, -0.2) is 13.1 Å². The predicted octanol–water partition coefficient (Wildman–Crippen LogP) is 4.73. The fraction of sp³-hybridized carbons (Fsp3) is 0.0714. The van der Waals surface area contributed by atoms with E-state index < -0.39 is 23.2 Å². The Kier molecular flexibility index (Phi) is 4.26. The molecule has 0 aliphatic rings. The number of benzene rings is 2.